The van der Waals surface area contributed by atoms with Gasteiger partial charge >= 0.3 is 0 Å². The number of ether oxygens (including phenoxy) is 1. The Morgan fingerprint density at radius 3 is 2.88 bits per heavy atom. The summed E-state index contributed by atoms with van der Waals surface area (Å²) >= 11 is 0. The number of hydrogen-bond acceptors (Lipinski definition) is 2. The molecular formula is C6H13NO. The average Bonchev–Trinajstić information content (AvgIpc) is 2.50. The van der Waals surface area contributed by atoms with Crippen LogP contribution in [-0.2, 0) is 4.74 Å². The lowest BCUT2D eigenvalue weighted by Gasteiger charge is -2.03. The maximum Gasteiger partial charge on any atom is 0.0824 e. The molecule has 1 aliphatic heterocycles. The van der Waals surface area contributed by atoms with Gasteiger partial charge in [-0.2, -0.15) is 0 Å². The van der Waals surface area contributed by atoms with Gasteiger partial charge in [0.15, 0.2) is 0 Å². The third-order valence-electron chi connectivity index (χ3n) is 1.49. The number of epoxide rings is 1. The summed E-state index contributed by atoms with van der Waals surface area (Å²) in [6.45, 7) is 3.04. The highest BCUT2D eigenvalue weighted by atomic mass is 16.6. The van der Waals surface area contributed by atoms with E-state index in [0.717, 1.165) is 19.4 Å². The molecule has 8 heavy (non-hydrogen) atoms. The van der Waals surface area contributed by atoms with Crippen LogP contribution < -0.4 is 5.73 Å². The van der Waals surface area contributed by atoms with Crippen LogP contribution in [0.1, 0.15) is 19.8 Å². The van der Waals surface area contributed by atoms with Gasteiger partial charge < -0.3 is 10.5 Å². The van der Waals surface area contributed by atoms with Crippen molar-refractivity contribution < 1.29 is 4.74 Å². The minimum Gasteiger partial charge on any atom is -0.373 e. The Morgan fingerprint density at radius 2 is 2.50 bits per heavy atom. The van der Waals surface area contributed by atoms with Crippen LogP contribution in [0.5, 0.6) is 0 Å². The Balaban J connectivity index is 1.98. The van der Waals surface area contributed by atoms with E-state index in [1.165, 1.54) is 0 Å². The molecule has 2 unspecified atom stereocenters. The molecule has 1 aliphatic rings. The van der Waals surface area contributed by atoms with E-state index < -0.39 is 0 Å². The summed E-state index contributed by atoms with van der Waals surface area (Å²) in [7, 11) is 0. The fourth-order valence-electron chi connectivity index (χ4n) is 0.708. The smallest absolute Gasteiger partial charge is 0.0824 e. The van der Waals surface area contributed by atoms with Crippen LogP contribution in [0.15, 0.2) is 0 Å². The van der Waals surface area contributed by atoms with Crippen molar-refractivity contribution in [2.75, 3.05) is 6.61 Å². The zero-order chi connectivity index (χ0) is 5.98. The molecule has 0 spiro atoms. The van der Waals surface area contributed by atoms with Crippen molar-refractivity contribution in [3.8, 4) is 0 Å². The molecule has 0 saturated carbocycles. The SMILES string of the molecule is CCC(N)CC1CO1. The van der Waals surface area contributed by atoms with Gasteiger partial charge in [-0.15, -0.1) is 0 Å². The third-order valence-corrected chi connectivity index (χ3v) is 1.49. The zero-order valence-corrected chi connectivity index (χ0v) is 5.26. The number of hydrogen-bond donors (Lipinski definition) is 1. The molecule has 1 fully saturated rings. The molecule has 1 saturated heterocycles. The quantitative estimate of drug-likeness (QED) is 0.544. The highest BCUT2D eigenvalue weighted by Gasteiger charge is 2.23. The Hall–Kier alpha value is -0.0800. The summed E-state index contributed by atoms with van der Waals surface area (Å²) in [6.07, 6.45) is 2.63. The summed E-state index contributed by atoms with van der Waals surface area (Å²) in [5.74, 6) is 0. The Bertz CT molecular complexity index is 70.9. The topological polar surface area (TPSA) is 38.5 Å². The van der Waals surface area contributed by atoms with Crippen LogP contribution in [0.2, 0.25) is 0 Å². The van der Waals surface area contributed by atoms with Gasteiger partial charge in [-0.05, 0) is 12.8 Å². The fourth-order valence-corrected chi connectivity index (χ4v) is 0.708. The first kappa shape index (κ1) is 6.05. The largest absolute Gasteiger partial charge is 0.373 e. The van der Waals surface area contributed by atoms with E-state index in [-0.39, 0.29) is 0 Å². The van der Waals surface area contributed by atoms with Gasteiger partial charge in [-0.1, -0.05) is 6.92 Å². The van der Waals surface area contributed by atoms with Gasteiger partial charge in [-0.3, -0.25) is 0 Å². The Kier molecular flexibility index (Phi) is 1.86. The van der Waals surface area contributed by atoms with Gasteiger partial charge in [-0.25, -0.2) is 0 Å². The van der Waals surface area contributed by atoms with Crippen LogP contribution in [0, 0.1) is 0 Å². The molecule has 0 aromatic heterocycles. The molecule has 1 heterocycles. The molecule has 48 valence electrons. The monoisotopic (exact) mass is 115 g/mol. The molecular weight excluding hydrogens is 102 g/mol. The van der Waals surface area contributed by atoms with Crippen LogP contribution in [0.3, 0.4) is 0 Å². The second kappa shape index (κ2) is 2.46. The molecule has 0 aliphatic carbocycles. The molecule has 2 heteroatoms. The normalized spacial score (nSPS) is 30.0. The predicted molar refractivity (Wildman–Crippen MR) is 32.6 cm³/mol. The van der Waals surface area contributed by atoms with E-state index >= 15 is 0 Å². The molecule has 0 aromatic carbocycles. The lowest BCUT2D eigenvalue weighted by molar-refractivity contribution is 0.377. The highest BCUT2D eigenvalue weighted by Crippen LogP contribution is 2.15. The number of nitrogens with two attached hydrogens (primary N) is 1. The minimum absolute atomic E-state index is 0.363. The van der Waals surface area contributed by atoms with Gasteiger partial charge in [0.1, 0.15) is 0 Å². The van der Waals surface area contributed by atoms with Crippen LogP contribution in [0.25, 0.3) is 0 Å². The van der Waals surface area contributed by atoms with Crippen molar-refractivity contribution in [2.24, 2.45) is 5.73 Å². The van der Waals surface area contributed by atoms with E-state index in [1.54, 1.807) is 0 Å². The molecule has 0 amide bonds. The fraction of sp³-hybridized carbons (Fsp3) is 1.00. The van der Waals surface area contributed by atoms with E-state index in [2.05, 4.69) is 6.92 Å². The summed E-state index contributed by atoms with van der Waals surface area (Å²) < 4.78 is 5.00. The lowest BCUT2D eigenvalue weighted by atomic mass is 10.1. The van der Waals surface area contributed by atoms with Crippen molar-refractivity contribution in [3.63, 3.8) is 0 Å². The molecule has 0 radical (unpaired) electrons. The van der Waals surface area contributed by atoms with Crippen molar-refractivity contribution in [1.29, 1.82) is 0 Å². The second-order valence-corrected chi connectivity index (χ2v) is 2.36. The highest BCUT2D eigenvalue weighted by molar-refractivity contribution is 4.74. The summed E-state index contributed by atoms with van der Waals surface area (Å²) in [5, 5.41) is 0. The molecule has 1 rings (SSSR count). The zero-order valence-electron chi connectivity index (χ0n) is 5.26. The third kappa shape index (κ3) is 1.80. The summed E-state index contributed by atoms with van der Waals surface area (Å²) in [4.78, 5) is 0. The van der Waals surface area contributed by atoms with Crippen molar-refractivity contribution >= 4 is 0 Å². The average molecular weight is 115 g/mol. The van der Waals surface area contributed by atoms with E-state index in [4.69, 9.17) is 10.5 Å². The van der Waals surface area contributed by atoms with Crippen molar-refractivity contribution in [1.82, 2.24) is 0 Å². The van der Waals surface area contributed by atoms with Crippen LogP contribution in [0.4, 0.5) is 0 Å². The van der Waals surface area contributed by atoms with Crippen LogP contribution >= 0.6 is 0 Å². The standard InChI is InChI=1S/C6H13NO/c1-2-5(7)3-6-4-8-6/h5-6H,2-4,7H2,1H3. The first-order valence-corrected chi connectivity index (χ1v) is 3.20. The molecule has 0 aromatic rings. The van der Waals surface area contributed by atoms with Gasteiger partial charge in [0.25, 0.3) is 0 Å². The first-order valence-electron chi connectivity index (χ1n) is 3.20. The molecule has 2 nitrogen and oxygen atoms in total. The molecule has 0 bridgehead atoms. The lowest BCUT2D eigenvalue weighted by Crippen LogP contribution is -2.20. The van der Waals surface area contributed by atoms with Gasteiger partial charge in [0, 0.05) is 6.04 Å². The maximum absolute atomic E-state index is 5.63. The van der Waals surface area contributed by atoms with E-state index in [0.29, 0.717) is 12.1 Å². The van der Waals surface area contributed by atoms with Gasteiger partial charge in [0.05, 0.1) is 12.7 Å². The Labute approximate surface area is 50.0 Å². The van der Waals surface area contributed by atoms with E-state index in [9.17, 15) is 0 Å². The number of rotatable bonds is 3. The van der Waals surface area contributed by atoms with Gasteiger partial charge in [0.2, 0.25) is 0 Å². The molecule has 2 N–H and O–H groups in total. The minimum atomic E-state index is 0.363. The summed E-state index contributed by atoms with van der Waals surface area (Å²) in [6, 6.07) is 0.363. The van der Waals surface area contributed by atoms with Crippen molar-refractivity contribution in [2.45, 2.75) is 31.9 Å². The second-order valence-electron chi connectivity index (χ2n) is 2.36. The predicted octanol–water partition coefficient (Wildman–Crippen LogP) is 0.513. The van der Waals surface area contributed by atoms with Crippen molar-refractivity contribution in [3.05, 3.63) is 0 Å². The first-order chi connectivity index (χ1) is 3.83. The van der Waals surface area contributed by atoms with E-state index in [1.807, 2.05) is 0 Å². The maximum atomic E-state index is 5.63. The molecule has 2 atom stereocenters. The summed E-state index contributed by atoms with van der Waals surface area (Å²) in [5.41, 5.74) is 5.63. The van der Waals surface area contributed by atoms with Crippen LogP contribution in [-0.4, -0.2) is 18.8 Å². The Morgan fingerprint density at radius 1 is 1.88 bits per heavy atom.